The SMILES string of the molecule is C=C1/C=C\C=C/N([C@H]2C3=C4C(=C5C=CC=CC52)CCCC4c2ccccc23)C2=C1C=C(C1=CC=C3C4=C(C=CCC4)N(c4c5c6c(c7ccccc47)C=CCC6C4=C5CCCC4)C3C1)CC2. The van der Waals surface area contributed by atoms with Crippen LogP contribution in [0.5, 0.6) is 0 Å². The number of hydrogen-bond acceptors (Lipinski definition) is 2. The van der Waals surface area contributed by atoms with E-state index in [0.717, 1.165) is 44.1 Å². The van der Waals surface area contributed by atoms with Crippen molar-refractivity contribution < 1.29 is 0 Å². The highest BCUT2D eigenvalue weighted by Crippen LogP contribution is 2.62. The largest absolute Gasteiger partial charge is 0.342 e. The van der Waals surface area contributed by atoms with Crippen molar-refractivity contribution in [1.29, 1.82) is 0 Å². The van der Waals surface area contributed by atoms with Crippen LogP contribution in [0.2, 0.25) is 0 Å². The fourth-order valence-corrected chi connectivity index (χ4v) is 15.3. The fourth-order valence-electron chi connectivity index (χ4n) is 15.3. The van der Waals surface area contributed by atoms with Crippen molar-refractivity contribution in [2.24, 2.45) is 5.92 Å². The molecular weight excluding hydrogens is 797 g/mol. The van der Waals surface area contributed by atoms with Crippen LogP contribution in [0, 0.1) is 5.92 Å². The van der Waals surface area contributed by atoms with Crippen LogP contribution in [0.3, 0.4) is 0 Å². The Morgan fingerprint density at radius 2 is 1.56 bits per heavy atom. The number of anilines is 1. The Kier molecular flexibility index (Phi) is 8.20. The quantitative estimate of drug-likeness (QED) is 0.259. The average Bonchev–Trinajstić information content (AvgIpc) is 4.01. The third-order valence-corrected chi connectivity index (χ3v) is 17.9. The first-order chi connectivity index (χ1) is 32.7. The van der Waals surface area contributed by atoms with E-state index in [1.807, 2.05) is 0 Å². The van der Waals surface area contributed by atoms with Crippen molar-refractivity contribution in [2.45, 2.75) is 107 Å². The number of fused-ring (bicyclic) bond motifs is 10. The topological polar surface area (TPSA) is 6.48 Å². The van der Waals surface area contributed by atoms with Crippen LogP contribution < -0.4 is 4.90 Å². The average molecular weight is 853 g/mol. The molecule has 322 valence electrons. The lowest BCUT2D eigenvalue weighted by molar-refractivity contribution is 0.338. The molecule has 0 spiro atoms. The number of hydrogen-bond donors (Lipinski definition) is 0. The highest BCUT2D eigenvalue weighted by Gasteiger charge is 2.49. The Morgan fingerprint density at radius 3 is 2.53 bits per heavy atom. The van der Waals surface area contributed by atoms with E-state index in [1.54, 1.807) is 61.3 Å². The molecule has 5 atom stereocenters. The Bertz CT molecular complexity index is 3270. The summed E-state index contributed by atoms with van der Waals surface area (Å²) < 4.78 is 0. The zero-order chi connectivity index (χ0) is 43.2. The summed E-state index contributed by atoms with van der Waals surface area (Å²) >= 11 is 0. The molecule has 3 aromatic carbocycles. The highest BCUT2D eigenvalue weighted by molar-refractivity contribution is 6.10. The maximum absolute atomic E-state index is 4.80. The molecule has 2 heteroatoms. The summed E-state index contributed by atoms with van der Waals surface area (Å²) in [6, 6.07) is 19.3. The van der Waals surface area contributed by atoms with Crippen molar-refractivity contribution in [3.8, 4) is 0 Å². The van der Waals surface area contributed by atoms with Crippen LogP contribution in [-0.2, 0) is 0 Å². The van der Waals surface area contributed by atoms with Gasteiger partial charge < -0.3 is 9.80 Å². The van der Waals surface area contributed by atoms with Crippen LogP contribution in [0.4, 0.5) is 5.69 Å². The monoisotopic (exact) mass is 852 g/mol. The standard InChI is InChI=1S/C64H56N2/c1-38-16-12-13-35-65(63-53-24-8-4-19-43(53)49-28-14-26-47-41-17-2-6-22-51(41)61(63)59(47)49)56-34-32-39(36-55(38)56)40-31-33-46-45-21-10-11-30-57(45)66(58(46)37-40)64-54-25-9-5-20-44(54)50-29-15-27-48-42-18-3-7-23-52(42)62(64)60(48)50/h2,4-6,8-9,11-13,15-17,19-20,22,24-25,29-31,33,35-36,47-48,53,58,63H,1,3,7,10,14,18,21,23,26-28,32,34,37H2/b16-12-,35-13-/t47?,48?,53?,58?,63-/m1/s1. The van der Waals surface area contributed by atoms with Gasteiger partial charge >= 0.3 is 0 Å². The van der Waals surface area contributed by atoms with E-state index < -0.39 is 0 Å². The summed E-state index contributed by atoms with van der Waals surface area (Å²) in [4.78, 5) is 5.59. The van der Waals surface area contributed by atoms with Crippen molar-refractivity contribution in [3.05, 3.63) is 235 Å². The molecule has 15 rings (SSSR count). The second-order valence-electron chi connectivity index (χ2n) is 20.9. The van der Waals surface area contributed by atoms with Gasteiger partial charge in [0.15, 0.2) is 0 Å². The van der Waals surface area contributed by atoms with Gasteiger partial charge in [0.1, 0.15) is 0 Å². The van der Waals surface area contributed by atoms with E-state index in [4.69, 9.17) is 6.58 Å². The predicted octanol–water partition coefficient (Wildman–Crippen LogP) is 15.8. The van der Waals surface area contributed by atoms with Gasteiger partial charge in [-0.15, -0.1) is 0 Å². The number of rotatable bonds is 3. The van der Waals surface area contributed by atoms with E-state index in [9.17, 15) is 0 Å². The van der Waals surface area contributed by atoms with Crippen molar-refractivity contribution in [3.63, 3.8) is 0 Å². The van der Waals surface area contributed by atoms with E-state index in [1.165, 1.54) is 101 Å². The Hall–Kier alpha value is -6.38. The van der Waals surface area contributed by atoms with Crippen LogP contribution in [0.1, 0.15) is 123 Å². The van der Waals surface area contributed by atoms with Crippen LogP contribution in [0.25, 0.3) is 28.0 Å². The van der Waals surface area contributed by atoms with Gasteiger partial charge in [0.05, 0.1) is 17.8 Å². The van der Waals surface area contributed by atoms with E-state index in [-0.39, 0.29) is 12.1 Å². The van der Waals surface area contributed by atoms with Gasteiger partial charge in [-0.05, 0) is 185 Å². The van der Waals surface area contributed by atoms with Crippen molar-refractivity contribution in [2.75, 3.05) is 4.90 Å². The third kappa shape index (κ3) is 5.14. The fraction of sp³-hybridized carbons (Fsp3) is 0.281. The Balaban J connectivity index is 0.860. The molecule has 0 amide bonds. The smallest absolute Gasteiger partial charge is 0.0695 e. The van der Waals surface area contributed by atoms with E-state index in [2.05, 4.69) is 150 Å². The molecule has 2 heterocycles. The molecule has 1 fully saturated rings. The van der Waals surface area contributed by atoms with Crippen LogP contribution >= 0.6 is 0 Å². The van der Waals surface area contributed by atoms with Crippen molar-refractivity contribution >= 4 is 33.7 Å². The predicted molar refractivity (Wildman–Crippen MR) is 274 cm³/mol. The molecule has 0 N–H and O–H groups in total. The summed E-state index contributed by atoms with van der Waals surface area (Å²) in [6.45, 7) is 4.80. The lowest BCUT2D eigenvalue weighted by Crippen LogP contribution is -2.42. The molecule has 1 saturated carbocycles. The van der Waals surface area contributed by atoms with Gasteiger partial charge in [0.2, 0.25) is 0 Å². The van der Waals surface area contributed by atoms with Gasteiger partial charge in [-0.1, -0.05) is 128 Å². The van der Waals surface area contributed by atoms with Gasteiger partial charge in [0.25, 0.3) is 0 Å². The minimum Gasteiger partial charge on any atom is -0.342 e. The van der Waals surface area contributed by atoms with Gasteiger partial charge in [-0.25, -0.2) is 0 Å². The maximum atomic E-state index is 4.80. The minimum atomic E-state index is 0.190. The first-order valence-corrected chi connectivity index (χ1v) is 25.5. The molecule has 2 nitrogen and oxygen atoms in total. The molecule has 3 aromatic rings. The lowest BCUT2D eigenvalue weighted by Gasteiger charge is -2.46. The molecule has 4 unspecified atom stereocenters. The first kappa shape index (κ1) is 37.8. The zero-order valence-electron chi connectivity index (χ0n) is 38.0. The summed E-state index contributed by atoms with van der Waals surface area (Å²) in [7, 11) is 0. The molecular formula is C64H56N2. The molecule has 66 heavy (non-hydrogen) atoms. The van der Waals surface area contributed by atoms with Gasteiger partial charge in [-0.2, -0.15) is 0 Å². The van der Waals surface area contributed by atoms with Crippen LogP contribution in [-0.4, -0.2) is 17.0 Å². The molecule has 0 aromatic heterocycles. The Morgan fingerprint density at radius 1 is 0.682 bits per heavy atom. The molecule has 0 saturated heterocycles. The number of allylic oxidation sites excluding steroid dienone is 20. The zero-order valence-corrected chi connectivity index (χ0v) is 38.0. The maximum Gasteiger partial charge on any atom is 0.0695 e. The summed E-state index contributed by atoms with van der Waals surface area (Å²) in [5, 5.41) is 2.85. The van der Waals surface area contributed by atoms with E-state index >= 15 is 0 Å². The second kappa shape index (κ2) is 14.3. The molecule has 0 bridgehead atoms. The summed E-state index contributed by atoms with van der Waals surface area (Å²) in [5.41, 5.74) is 30.5. The van der Waals surface area contributed by atoms with E-state index in [0.29, 0.717) is 17.8 Å². The normalized spacial score (nSPS) is 29.4. The molecule has 0 radical (unpaired) electrons. The second-order valence-corrected chi connectivity index (χ2v) is 20.9. The van der Waals surface area contributed by atoms with Gasteiger partial charge in [-0.3, -0.25) is 0 Å². The van der Waals surface area contributed by atoms with Crippen molar-refractivity contribution in [1.82, 2.24) is 4.90 Å². The number of benzene rings is 3. The molecule has 12 aliphatic rings. The summed E-state index contributed by atoms with van der Waals surface area (Å²) in [5.74, 6) is 1.34. The molecule has 10 aliphatic carbocycles. The lowest BCUT2D eigenvalue weighted by atomic mass is 9.68. The summed E-state index contributed by atoms with van der Waals surface area (Å²) in [6.07, 6.45) is 51.5. The number of nitrogens with zero attached hydrogens (tertiary/aromatic N) is 2. The first-order valence-electron chi connectivity index (χ1n) is 25.5. The Labute approximate surface area is 390 Å². The van der Waals surface area contributed by atoms with Gasteiger partial charge in [0, 0.05) is 51.9 Å². The highest BCUT2D eigenvalue weighted by atomic mass is 15.2. The van der Waals surface area contributed by atoms with Crippen LogP contribution in [0.15, 0.2) is 207 Å². The third-order valence-electron chi connectivity index (χ3n) is 17.9. The minimum absolute atomic E-state index is 0.190. The molecule has 2 aliphatic heterocycles.